The molecule has 0 bridgehead atoms. The zero-order valence-corrected chi connectivity index (χ0v) is 8.94. The molecule has 3 N–H and O–H groups in total. The molecule has 16 heavy (non-hydrogen) atoms. The smallest absolute Gasteiger partial charge is 0.298 e. The minimum Gasteiger partial charge on any atom is -0.409 e. The topological polar surface area (TPSA) is 89.6 Å². The van der Waals surface area contributed by atoms with Crippen molar-refractivity contribution in [3.05, 3.63) is 36.4 Å². The molecule has 2 aromatic carbocycles. The Morgan fingerprint density at radius 1 is 1.12 bits per heavy atom. The van der Waals surface area contributed by atoms with Gasteiger partial charge in [-0.25, -0.2) is 0 Å². The number of hydrogen-bond donors (Lipinski definition) is 2. The molecule has 0 radical (unpaired) electrons. The Morgan fingerprint density at radius 3 is 2.44 bits per heavy atom. The first-order chi connectivity index (χ1) is 7.54. The van der Waals surface area contributed by atoms with E-state index in [4.69, 9.17) is 10.4 Å². The fourth-order valence-corrected chi connectivity index (χ4v) is 2.18. The molecule has 0 atom stereocenters. The van der Waals surface area contributed by atoms with E-state index in [2.05, 4.69) is 4.84 Å². The lowest BCUT2D eigenvalue weighted by Gasteiger charge is -2.08. The van der Waals surface area contributed by atoms with Gasteiger partial charge in [0.15, 0.2) is 5.75 Å². The van der Waals surface area contributed by atoms with Crippen molar-refractivity contribution in [3.8, 4) is 5.75 Å². The SMILES string of the molecule is NOc1c(S(=O)(=O)O)ccc2ccccc12. The van der Waals surface area contributed by atoms with Gasteiger partial charge in [0.1, 0.15) is 4.90 Å². The minimum atomic E-state index is -4.34. The molecular weight excluding hydrogens is 230 g/mol. The molecule has 0 unspecified atom stereocenters. The van der Waals surface area contributed by atoms with Crippen LogP contribution in [0.3, 0.4) is 0 Å². The maximum absolute atomic E-state index is 11.1. The lowest BCUT2D eigenvalue weighted by molar-refractivity contribution is 0.328. The van der Waals surface area contributed by atoms with E-state index in [0.717, 1.165) is 5.39 Å². The third-order valence-corrected chi connectivity index (χ3v) is 3.12. The van der Waals surface area contributed by atoms with Gasteiger partial charge in [-0.3, -0.25) is 4.55 Å². The Morgan fingerprint density at radius 2 is 1.81 bits per heavy atom. The zero-order chi connectivity index (χ0) is 11.8. The van der Waals surface area contributed by atoms with Gasteiger partial charge in [0.25, 0.3) is 10.1 Å². The van der Waals surface area contributed by atoms with Gasteiger partial charge in [-0.15, -0.1) is 0 Å². The molecule has 0 amide bonds. The maximum Gasteiger partial charge on any atom is 0.298 e. The average Bonchev–Trinajstić information content (AvgIpc) is 2.26. The fourth-order valence-electron chi connectivity index (χ4n) is 1.55. The Kier molecular flexibility index (Phi) is 2.55. The second kappa shape index (κ2) is 3.75. The van der Waals surface area contributed by atoms with Crippen LogP contribution in [0.2, 0.25) is 0 Å². The Hall–Kier alpha value is -1.63. The van der Waals surface area contributed by atoms with Crippen LogP contribution in [0.1, 0.15) is 0 Å². The van der Waals surface area contributed by atoms with Gasteiger partial charge in [-0.05, 0) is 11.5 Å². The lowest BCUT2D eigenvalue weighted by atomic mass is 10.1. The summed E-state index contributed by atoms with van der Waals surface area (Å²) in [4.78, 5) is 4.21. The number of benzene rings is 2. The van der Waals surface area contributed by atoms with E-state index in [0.29, 0.717) is 5.39 Å². The van der Waals surface area contributed by atoms with Crippen LogP contribution in [-0.2, 0) is 10.1 Å². The van der Waals surface area contributed by atoms with Crippen LogP contribution in [0.15, 0.2) is 41.3 Å². The molecule has 0 aliphatic rings. The summed E-state index contributed by atoms with van der Waals surface area (Å²) in [5.41, 5.74) is 0. The predicted octanol–water partition coefficient (Wildman–Crippen LogP) is 1.34. The van der Waals surface area contributed by atoms with Crippen molar-refractivity contribution in [2.24, 2.45) is 5.90 Å². The van der Waals surface area contributed by atoms with E-state index >= 15 is 0 Å². The van der Waals surface area contributed by atoms with Crippen molar-refractivity contribution in [3.63, 3.8) is 0 Å². The lowest BCUT2D eigenvalue weighted by Crippen LogP contribution is -2.08. The van der Waals surface area contributed by atoms with Crippen molar-refractivity contribution >= 4 is 20.9 Å². The first kappa shape index (κ1) is 10.9. The van der Waals surface area contributed by atoms with Gasteiger partial charge in [0.05, 0.1) is 0 Å². The van der Waals surface area contributed by atoms with Gasteiger partial charge in [0.2, 0.25) is 0 Å². The second-order valence-corrected chi connectivity index (χ2v) is 4.60. The molecule has 2 rings (SSSR count). The Bertz CT molecular complexity index is 636. The second-order valence-electron chi connectivity index (χ2n) is 3.21. The van der Waals surface area contributed by atoms with Crippen molar-refractivity contribution in [1.29, 1.82) is 0 Å². The van der Waals surface area contributed by atoms with Crippen LogP contribution in [0.4, 0.5) is 0 Å². The summed E-state index contributed by atoms with van der Waals surface area (Å²) in [6.07, 6.45) is 0. The molecule has 0 saturated carbocycles. The summed E-state index contributed by atoms with van der Waals surface area (Å²) in [5.74, 6) is 4.98. The molecule has 6 heteroatoms. The van der Waals surface area contributed by atoms with Gasteiger partial charge >= 0.3 is 0 Å². The fraction of sp³-hybridized carbons (Fsp3) is 0. The summed E-state index contributed by atoms with van der Waals surface area (Å²) in [6.45, 7) is 0. The summed E-state index contributed by atoms with van der Waals surface area (Å²) >= 11 is 0. The standard InChI is InChI=1S/C10H9NO4S/c11-15-10-8-4-2-1-3-7(8)5-6-9(10)16(12,13)14/h1-6H,11H2,(H,12,13,14). The molecule has 0 aromatic heterocycles. The highest BCUT2D eigenvalue weighted by Crippen LogP contribution is 2.31. The highest BCUT2D eigenvalue weighted by molar-refractivity contribution is 7.86. The van der Waals surface area contributed by atoms with Crippen molar-refractivity contribution < 1.29 is 17.8 Å². The zero-order valence-electron chi connectivity index (χ0n) is 8.12. The third kappa shape index (κ3) is 1.73. The summed E-state index contributed by atoms with van der Waals surface area (Å²) in [5, 5.41) is 1.30. The summed E-state index contributed by atoms with van der Waals surface area (Å²) in [6, 6.07) is 9.78. The first-order valence-corrected chi connectivity index (χ1v) is 5.84. The molecule has 0 aliphatic carbocycles. The molecule has 0 aliphatic heterocycles. The van der Waals surface area contributed by atoms with Crippen molar-refractivity contribution in [2.75, 3.05) is 0 Å². The van der Waals surface area contributed by atoms with E-state index in [1.54, 1.807) is 30.3 Å². The normalized spacial score (nSPS) is 11.6. The summed E-state index contributed by atoms with van der Waals surface area (Å²) < 4.78 is 31.1. The van der Waals surface area contributed by atoms with Crippen LogP contribution < -0.4 is 10.7 Å². The molecule has 0 heterocycles. The Balaban J connectivity index is 2.89. The van der Waals surface area contributed by atoms with E-state index in [1.807, 2.05) is 0 Å². The molecule has 5 nitrogen and oxygen atoms in total. The quantitative estimate of drug-likeness (QED) is 0.609. The third-order valence-electron chi connectivity index (χ3n) is 2.24. The molecule has 2 aromatic rings. The minimum absolute atomic E-state index is 0.0550. The average molecular weight is 239 g/mol. The molecule has 84 valence electrons. The van der Waals surface area contributed by atoms with E-state index in [9.17, 15) is 8.42 Å². The van der Waals surface area contributed by atoms with Gasteiger partial charge < -0.3 is 4.84 Å². The molecule has 0 fully saturated rings. The van der Waals surface area contributed by atoms with E-state index in [-0.39, 0.29) is 10.6 Å². The molecule has 0 spiro atoms. The van der Waals surface area contributed by atoms with Crippen LogP contribution in [0, 0.1) is 0 Å². The van der Waals surface area contributed by atoms with Crippen LogP contribution in [0.5, 0.6) is 5.75 Å². The number of nitrogens with two attached hydrogens (primary N) is 1. The monoisotopic (exact) mass is 239 g/mol. The van der Waals surface area contributed by atoms with Crippen molar-refractivity contribution in [1.82, 2.24) is 0 Å². The molecule has 0 saturated heterocycles. The first-order valence-electron chi connectivity index (χ1n) is 4.40. The largest absolute Gasteiger partial charge is 0.409 e. The van der Waals surface area contributed by atoms with Gasteiger partial charge in [-0.2, -0.15) is 14.3 Å². The van der Waals surface area contributed by atoms with Crippen LogP contribution in [0.25, 0.3) is 10.8 Å². The van der Waals surface area contributed by atoms with Gasteiger partial charge in [-0.1, -0.05) is 30.3 Å². The number of fused-ring (bicyclic) bond motifs is 1. The van der Waals surface area contributed by atoms with Gasteiger partial charge in [0, 0.05) is 5.39 Å². The predicted molar refractivity (Wildman–Crippen MR) is 58.6 cm³/mol. The van der Waals surface area contributed by atoms with Crippen LogP contribution >= 0.6 is 0 Å². The maximum atomic E-state index is 11.1. The summed E-state index contributed by atoms with van der Waals surface area (Å²) in [7, 11) is -4.34. The molecular formula is C10H9NO4S. The van der Waals surface area contributed by atoms with E-state index in [1.165, 1.54) is 6.07 Å². The van der Waals surface area contributed by atoms with E-state index < -0.39 is 10.1 Å². The Labute approximate surface area is 92.1 Å². The highest BCUT2D eigenvalue weighted by Gasteiger charge is 2.18. The highest BCUT2D eigenvalue weighted by atomic mass is 32.2. The van der Waals surface area contributed by atoms with Crippen molar-refractivity contribution in [2.45, 2.75) is 4.90 Å². The number of hydrogen-bond acceptors (Lipinski definition) is 4. The number of rotatable bonds is 2. The van der Waals surface area contributed by atoms with Crippen LogP contribution in [-0.4, -0.2) is 13.0 Å².